The van der Waals surface area contributed by atoms with E-state index >= 15 is 0 Å². The average molecular weight is 433 g/mol. The molecule has 0 atom stereocenters. The lowest BCUT2D eigenvalue weighted by Crippen LogP contribution is -2.54. The fourth-order valence-corrected chi connectivity index (χ4v) is 4.96. The predicted octanol–water partition coefficient (Wildman–Crippen LogP) is 1.67. The first-order chi connectivity index (χ1) is 13.9. The summed E-state index contributed by atoms with van der Waals surface area (Å²) in [6, 6.07) is 0. The van der Waals surface area contributed by atoms with Gasteiger partial charge in [0.1, 0.15) is 0 Å². The number of sulfonamides is 1. The topological polar surface area (TPSA) is 83.5 Å². The molecule has 29 heavy (non-hydrogen) atoms. The van der Waals surface area contributed by atoms with Gasteiger partial charge in [-0.3, -0.25) is 4.99 Å². The minimum absolute atomic E-state index is 0.0420. The van der Waals surface area contributed by atoms with Crippen LogP contribution in [0.15, 0.2) is 4.99 Å². The molecule has 2 rings (SSSR count). The Bertz CT molecular complexity index is 583. The Kier molecular flexibility index (Phi) is 10.7. The molecule has 0 spiro atoms. The van der Waals surface area contributed by atoms with Gasteiger partial charge in [0.25, 0.3) is 0 Å². The predicted molar refractivity (Wildman–Crippen MR) is 117 cm³/mol. The number of ether oxygens (including phenoxy) is 2. The molecule has 1 N–H and O–H groups in total. The highest BCUT2D eigenvalue weighted by atomic mass is 32.2. The number of guanidine groups is 1. The van der Waals surface area contributed by atoms with Crippen LogP contribution in [0.1, 0.15) is 52.9 Å². The van der Waals surface area contributed by atoms with Gasteiger partial charge in [-0.2, -0.15) is 4.31 Å². The maximum atomic E-state index is 12.5. The lowest BCUT2D eigenvalue weighted by molar-refractivity contribution is 0.0579. The number of hydrogen-bond donors (Lipinski definition) is 1. The van der Waals surface area contributed by atoms with E-state index in [1.165, 1.54) is 25.7 Å². The molecule has 1 saturated carbocycles. The molecule has 1 aliphatic carbocycles. The normalized spacial score (nSPS) is 20.0. The van der Waals surface area contributed by atoms with Gasteiger partial charge in [-0.1, -0.05) is 12.8 Å². The van der Waals surface area contributed by atoms with Crippen LogP contribution >= 0.6 is 0 Å². The molecule has 2 fully saturated rings. The Morgan fingerprint density at radius 3 is 2.45 bits per heavy atom. The highest BCUT2D eigenvalue weighted by Crippen LogP contribution is 2.20. The van der Waals surface area contributed by atoms with E-state index in [1.807, 2.05) is 20.8 Å². The van der Waals surface area contributed by atoms with E-state index in [9.17, 15) is 8.42 Å². The van der Waals surface area contributed by atoms with Crippen LogP contribution in [0.2, 0.25) is 0 Å². The zero-order valence-electron chi connectivity index (χ0n) is 18.4. The summed E-state index contributed by atoms with van der Waals surface area (Å²) in [4.78, 5) is 6.87. The minimum atomic E-state index is -3.27. The molecule has 0 aromatic rings. The molecule has 8 nitrogen and oxygen atoms in total. The number of nitrogens with one attached hydrogen (secondary N) is 1. The summed E-state index contributed by atoms with van der Waals surface area (Å²) >= 11 is 0. The van der Waals surface area contributed by atoms with Gasteiger partial charge in [0.15, 0.2) is 5.96 Å². The van der Waals surface area contributed by atoms with E-state index in [0.717, 1.165) is 32.1 Å². The van der Waals surface area contributed by atoms with Crippen LogP contribution in [0.4, 0.5) is 0 Å². The van der Waals surface area contributed by atoms with Crippen molar-refractivity contribution in [3.8, 4) is 0 Å². The fraction of sp³-hybridized carbons (Fsp3) is 0.950. The lowest BCUT2D eigenvalue weighted by atomic mass is 10.3. The van der Waals surface area contributed by atoms with Crippen LogP contribution in [-0.2, 0) is 19.5 Å². The molecule has 0 amide bonds. The SMILES string of the molecule is CCNC(=NCCCOC1CCCC1)N1CCN(S(=O)(=O)CCOC(C)C)CC1. The zero-order chi connectivity index (χ0) is 21.1. The second-order valence-corrected chi connectivity index (χ2v) is 10.1. The second-order valence-electron chi connectivity index (χ2n) is 7.99. The van der Waals surface area contributed by atoms with E-state index in [0.29, 0.717) is 32.3 Å². The van der Waals surface area contributed by atoms with Gasteiger partial charge in [-0.25, -0.2) is 8.42 Å². The highest BCUT2D eigenvalue weighted by molar-refractivity contribution is 7.89. The first kappa shape index (κ1) is 24.4. The number of rotatable bonds is 11. The van der Waals surface area contributed by atoms with Crippen LogP contribution in [0.25, 0.3) is 0 Å². The molecular weight excluding hydrogens is 392 g/mol. The molecule has 0 aromatic heterocycles. The number of aliphatic imine (C=N–C) groups is 1. The van der Waals surface area contributed by atoms with Crippen molar-refractivity contribution < 1.29 is 17.9 Å². The molecule has 0 aromatic carbocycles. The Hall–Kier alpha value is -0.900. The van der Waals surface area contributed by atoms with Crippen molar-refractivity contribution in [2.45, 2.75) is 65.1 Å². The fourth-order valence-electron chi connectivity index (χ4n) is 3.68. The van der Waals surface area contributed by atoms with Crippen molar-refractivity contribution in [3.05, 3.63) is 0 Å². The van der Waals surface area contributed by atoms with E-state index in [1.54, 1.807) is 4.31 Å². The molecule has 9 heteroatoms. The number of nitrogens with zero attached hydrogens (tertiary/aromatic N) is 3. The third-order valence-electron chi connectivity index (χ3n) is 5.28. The van der Waals surface area contributed by atoms with Gasteiger partial charge in [0, 0.05) is 45.9 Å². The Morgan fingerprint density at radius 1 is 1.14 bits per heavy atom. The third-order valence-corrected chi connectivity index (χ3v) is 7.11. The Balaban J connectivity index is 1.74. The van der Waals surface area contributed by atoms with Gasteiger partial charge in [0.2, 0.25) is 10.0 Å². The monoisotopic (exact) mass is 432 g/mol. The minimum Gasteiger partial charge on any atom is -0.378 e. The third kappa shape index (κ3) is 8.78. The van der Waals surface area contributed by atoms with Crippen LogP contribution < -0.4 is 5.32 Å². The molecule has 0 bridgehead atoms. The first-order valence-electron chi connectivity index (χ1n) is 11.2. The van der Waals surface area contributed by atoms with Crippen molar-refractivity contribution in [2.75, 3.05) is 58.2 Å². The largest absolute Gasteiger partial charge is 0.378 e. The summed E-state index contributed by atoms with van der Waals surface area (Å²) in [5.41, 5.74) is 0. The van der Waals surface area contributed by atoms with E-state index in [4.69, 9.17) is 14.5 Å². The smallest absolute Gasteiger partial charge is 0.216 e. The number of piperazine rings is 1. The Labute approximate surface area is 177 Å². The Morgan fingerprint density at radius 2 is 1.83 bits per heavy atom. The van der Waals surface area contributed by atoms with E-state index in [-0.39, 0.29) is 18.5 Å². The van der Waals surface area contributed by atoms with Gasteiger partial charge in [-0.15, -0.1) is 0 Å². The van der Waals surface area contributed by atoms with Crippen molar-refractivity contribution >= 4 is 16.0 Å². The van der Waals surface area contributed by atoms with Crippen molar-refractivity contribution in [1.82, 2.24) is 14.5 Å². The second kappa shape index (κ2) is 12.7. The van der Waals surface area contributed by atoms with Gasteiger partial charge in [-0.05, 0) is 40.0 Å². The molecule has 1 aliphatic heterocycles. The summed E-state index contributed by atoms with van der Waals surface area (Å²) < 4.78 is 37.9. The van der Waals surface area contributed by atoms with Crippen LogP contribution in [0.3, 0.4) is 0 Å². The molecule has 1 heterocycles. The zero-order valence-corrected chi connectivity index (χ0v) is 19.3. The summed E-state index contributed by atoms with van der Waals surface area (Å²) in [5, 5.41) is 3.33. The van der Waals surface area contributed by atoms with Crippen LogP contribution in [-0.4, -0.2) is 94.0 Å². The maximum absolute atomic E-state index is 12.5. The summed E-state index contributed by atoms with van der Waals surface area (Å²) in [7, 11) is -3.27. The summed E-state index contributed by atoms with van der Waals surface area (Å²) in [6.45, 7) is 10.7. The number of hydrogen-bond acceptors (Lipinski definition) is 5. The van der Waals surface area contributed by atoms with Gasteiger partial charge < -0.3 is 19.7 Å². The molecular formula is C20H40N4O4S. The first-order valence-corrected chi connectivity index (χ1v) is 12.8. The molecule has 2 aliphatic rings. The molecule has 1 saturated heterocycles. The molecule has 0 radical (unpaired) electrons. The van der Waals surface area contributed by atoms with Crippen LogP contribution in [0, 0.1) is 0 Å². The summed E-state index contributed by atoms with van der Waals surface area (Å²) in [5.74, 6) is 0.911. The summed E-state index contributed by atoms with van der Waals surface area (Å²) in [6.07, 6.45) is 6.39. The highest BCUT2D eigenvalue weighted by Gasteiger charge is 2.28. The van der Waals surface area contributed by atoms with E-state index in [2.05, 4.69) is 10.2 Å². The van der Waals surface area contributed by atoms with Crippen molar-refractivity contribution in [3.63, 3.8) is 0 Å². The van der Waals surface area contributed by atoms with Crippen LogP contribution in [0.5, 0.6) is 0 Å². The van der Waals surface area contributed by atoms with Gasteiger partial charge in [0.05, 0.1) is 24.6 Å². The van der Waals surface area contributed by atoms with Gasteiger partial charge >= 0.3 is 0 Å². The van der Waals surface area contributed by atoms with Crippen molar-refractivity contribution in [1.29, 1.82) is 0 Å². The van der Waals surface area contributed by atoms with E-state index < -0.39 is 10.0 Å². The quantitative estimate of drug-likeness (QED) is 0.304. The molecule has 170 valence electrons. The lowest BCUT2D eigenvalue weighted by Gasteiger charge is -2.36. The molecule has 0 unspecified atom stereocenters. The van der Waals surface area contributed by atoms with Crippen molar-refractivity contribution in [2.24, 2.45) is 4.99 Å². The average Bonchev–Trinajstić information content (AvgIpc) is 3.20. The maximum Gasteiger partial charge on any atom is 0.216 e. The standard InChI is InChI=1S/C20H40N4O4S/c1-4-21-20(22-10-7-15-28-19-8-5-6-9-19)23-11-13-24(14-12-23)29(25,26)17-16-27-18(2)3/h18-19H,4-17H2,1-3H3,(H,21,22).